The van der Waals surface area contributed by atoms with Gasteiger partial charge in [-0.05, 0) is 54.1 Å². The van der Waals surface area contributed by atoms with Crippen LogP contribution in [0.25, 0.3) is 53.1 Å². The van der Waals surface area contributed by atoms with Crippen molar-refractivity contribution in [3.8, 4) is 11.1 Å². The maximum Gasteiger partial charge on any atom is 0.0544 e. The first-order valence-corrected chi connectivity index (χ1v) is 14.0. The summed E-state index contributed by atoms with van der Waals surface area (Å²) in [7, 11) is 0. The molecule has 0 amide bonds. The van der Waals surface area contributed by atoms with Crippen molar-refractivity contribution in [1.82, 2.24) is 4.98 Å². The number of thiophene rings is 1. The van der Waals surface area contributed by atoms with Gasteiger partial charge in [-0.2, -0.15) is 0 Å². The topological polar surface area (TPSA) is 19.0 Å². The molecule has 0 unspecified atom stereocenters. The number of aromatic nitrogens is 1. The van der Waals surface area contributed by atoms with E-state index < -0.39 is 0 Å². The highest BCUT2D eigenvalue weighted by Gasteiger charge is 2.15. The summed E-state index contributed by atoms with van der Waals surface area (Å²) in [6.07, 6.45) is 0. The van der Waals surface area contributed by atoms with Gasteiger partial charge in [0.1, 0.15) is 0 Å². The second-order valence-corrected chi connectivity index (χ2v) is 11.0. The number of rotatable bonds is 4. The summed E-state index contributed by atoms with van der Waals surface area (Å²) >= 11 is 1.87. The minimum Gasteiger partial charge on any atom is -0.354 e. The maximum atomic E-state index is 3.67. The molecule has 6 aromatic carbocycles. The van der Waals surface area contributed by atoms with Crippen molar-refractivity contribution in [2.45, 2.75) is 0 Å². The molecule has 184 valence electrons. The zero-order valence-electron chi connectivity index (χ0n) is 21.1. The third-order valence-corrected chi connectivity index (χ3v) is 8.71. The Kier molecular flexibility index (Phi) is 5.04. The van der Waals surface area contributed by atoms with E-state index in [0.29, 0.717) is 0 Å². The van der Waals surface area contributed by atoms with Crippen LogP contribution in [0.1, 0.15) is 0 Å². The lowest BCUT2D eigenvalue weighted by Crippen LogP contribution is -2.09. The van der Waals surface area contributed by atoms with Crippen molar-refractivity contribution in [3.05, 3.63) is 140 Å². The molecule has 2 aromatic heterocycles. The monoisotopic (exact) mass is 516 g/mol. The van der Waals surface area contributed by atoms with Crippen molar-refractivity contribution in [2.75, 3.05) is 4.90 Å². The van der Waals surface area contributed by atoms with Crippen LogP contribution in [0.15, 0.2) is 140 Å². The molecule has 3 heteroatoms. The van der Waals surface area contributed by atoms with Gasteiger partial charge in [0.05, 0.1) is 5.52 Å². The lowest BCUT2D eigenvalue weighted by molar-refractivity contribution is 1.29. The molecule has 0 radical (unpaired) electrons. The number of nitrogens with one attached hydrogen (secondary N) is 1. The first-order chi connectivity index (χ1) is 19.3. The second-order valence-electron chi connectivity index (χ2n) is 9.90. The van der Waals surface area contributed by atoms with Gasteiger partial charge in [-0.15, -0.1) is 11.3 Å². The number of anilines is 3. The standard InChI is InChI=1S/C36H24N2S/c1-3-10-25(11-4-1)38(26-12-5-2-6-13-26)27-19-21-31-30-20-18-24(22-34(30)39-35(31)23-27)28-15-9-16-32-29-14-7-8-17-33(29)37-36(28)32/h1-23,37H. The van der Waals surface area contributed by atoms with Crippen LogP contribution in [-0.4, -0.2) is 4.98 Å². The van der Waals surface area contributed by atoms with E-state index in [-0.39, 0.29) is 0 Å². The molecule has 2 heterocycles. The molecule has 0 saturated heterocycles. The van der Waals surface area contributed by atoms with Crippen LogP contribution in [0, 0.1) is 0 Å². The van der Waals surface area contributed by atoms with Gasteiger partial charge in [-0.1, -0.05) is 91.0 Å². The van der Waals surface area contributed by atoms with E-state index in [1.54, 1.807) is 0 Å². The fourth-order valence-electron chi connectivity index (χ4n) is 5.79. The van der Waals surface area contributed by atoms with E-state index >= 15 is 0 Å². The number of aromatic amines is 1. The number of H-pyrrole nitrogens is 1. The number of para-hydroxylation sites is 4. The summed E-state index contributed by atoms with van der Waals surface area (Å²) in [4.78, 5) is 5.99. The number of hydrogen-bond acceptors (Lipinski definition) is 2. The van der Waals surface area contributed by atoms with Gasteiger partial charge in [-0.3, -0.25) is 0 Å². The van der Waals surface area contributed by atoms with E-state index in [0.717, 1.165) is 17.1 Å². The summed E-state index contributed by atoms with van der Waals surface area (Å²) in [5.41, 5.74) is 8.31. The molecule has 39 heavy (non-hydrogen) atoms. The van der Waals surface area contributed by atoms with Crippen LogP contribution < -0.4 is 4.90 Å². The minimum absolute atomic E-state index is 1.15. The van der Waals surface area contributed by atoms with Crippen molar-refractivity contribution < 1.29 is 0 Å². The van der Waals surface area contributed by atoms with Crippen LogP contribution in [0.3, 0.4) is 0 Å². The average Bonchev–Trinajstić information content (AvgIpc) is 3.56. The first-order valence-electron chi connectivity index (χ1n) is 13.2. The highest BCUT2D eigenvalue weighted by molar-refractivity contribution is 7.25. The molecule has 0 spiro atoms. The van der Waals surface area contributed by atoms with Gasteiger partial charge in [0, 0.05) is 59.1 Å². The van der Waals surface area contributed by atoms with E-state index in [9.17, 15) is 0 Å². The molecule has 0 aliphatic rings. The van der Waals surface area contributed by atoms with Crippen molar-refractivity contribution in [2.24, 2.45) is 0 Å². The van der Waals surface area contributed by atoms with Crippen molar-refractivity contribution in [3.63, 3.8) is 0 Å². The number of fused-ring (bicyclic) bond motifs is 6. The van der Waals surface area contributed by atoms with E-state index in [4.69, 9.17) is 0 Å². The average molecular weight is 517 g/mol. The molecule has 1 N–H and O–H groups in total. The Morgan fingerprint density at radius 1 is 0.462 bits per heavy atom. The highest BCUT2D eigenvalue weighted by atomic mass is 32.1. The smallest absolute Gasteiger partial charge is 0.0544 e. The molecule has 0 aliphatic carbocycles. The molecule has 8 aromatic rings. The molecular formula is C36H24N2S. The summed E-state index contributed by atoms with van der Waals surface area (Å²) in [6, 6.07) is 50.1. The number of benzene rings is 6. The SMILES string of the molecule is c1ccc(N(c2ccccc2)c2ccc3c(c2)sc2cc(-c4cccc5c4[nH]c4ccccc45)ccc23)cc1. The zero-order chi connectivity index (χ0) is 25.8. The Bertz CT molecular complexity index is 2080. The summed E-state index contributed by atoms with van der Waals surface area (Å²) in [5, 5.41) is 5.15. The van der Waals surface area contributed by atoms with Crippen molar-refractivity contribution >= 4 is 70.4 Å². The zero-order valence-corrected chi connectivity index (χ0v) is 22.0. The van der Waals surface area contributed by atoms with Crippen LogP contribution in [0.4, 0.5) is 17.1 Å². The maximum absolute atomic E-state index is 3.67. The van der Waals surface area contributed by atoms with Gasteiger partial charge < -0.3 is 9.88 Å². The van der Waals surface area contributed by atoms with Crippen LogP contribution in [-0.2, 0) is 0 Å². The lowest BCUT2D eigenvalue weighted by Gasteiger charge is -2.25. The van der Waals surface area contributed by atoms with E-state index in [1.165, 1.54) is 53.1 Å². The predicted molar refractivity (Wildman–Crippen MR) is 169 cm³/mol. The quantitative estimate of drug-likeness (QED) is 0.246. The molecule has 0 aliphatic heterocycles. The fraction of sp³-hybridized carbons (Fsp3) is 0. The van der Waals surface area contributed by atoms with Gasteiger partial charge in [-0.25, -0.2) is 0 Å². The number of nitrogens with zero attached hydrogens (tertiary/aromatic N) is 1. The third kappa shape index (κ3) is 3.63. The van der Waals surface area contributed by atoms with Crippen LogP contribution in [0.5, 0.6) is 0 Å². The molecule has 0 atom stereocenters. The normalized spacial score (nSPS) is 11.6. The summed E-state index contributed by atoms with van der Waals surface area (Å²) in [5.74, 6) is 0. The Hall–Kier alpha value is -4.86. The molecule has 0 saturated carbocycles. The Balaban J connectivity index is 1.27. The third-order valence-electron chi connectivity index (χ3n) is 7.60. The fourth-order valence-corrected chi connectivity index (χ4v) is 6.97. The first kappa shape index (κ1) is 22.2. The Morgan fingerprint density at radius 2 is 1.10 bits per heavy atom. The number of hydrogen-bond donors (Lipinski definition) is 1. The van der Waals surface area contributed by atoms with Crippen LogP contribution in [0.2, 0.25) is 0 Å². The summed E-state index contributed by atoms with van der Waals surface area (Å²) < 4.78 is 2.60. The van der Waals surface area contributed by atoms with E-state index in [2.05, 4.69) is 149 Å². The molecular weight excluding hydrogens is 492 g/mol. The van der Waals surface area contributed by atoms with Crippen LogP contribution >= 0.6 is 11.3 Å². The van der Waals surface area contributed by atoms with Crippen molar-refractivity contribution in [1.29, 1.82) is 0 Å². The molecule has 2 nitrogen and oxygen atoms in total. The molecule has 0 bridgehead atoms. The largest absolute Gasteiger partial charge is 0.354 e. The minimum atomic E-state index is 1.15. The van der Waals surface area contributed by atoms with Gasteiger partial charge in [0.2, 0.25) is 0 Å². The molecule has 0 fully saturated rings. The lowest BCUT2D eigenvalue weighted by atomic mass is 10.0. The Morgan fingerprint density at radius 3 is 1.87 bits per heavy atom. The second kappa shape index (κ2) is 8.87. The summed E-state index contributed by atoms with van der Waals surface area (Å²) in [6.45, 7) is 0. The highest BCUT2D eigenvalue weighted by Crippen LogP contribution is 2.42. The molecule has 8 rings (SSSR count). The predicted octanol–water partition coefficient (Wildman–Crippen LogP) is 10.8. The Labute approximate surface area is 230 Å². The van der Waals surface area contributed by atoms with Gasteiger partial charge >= 0.3 is 0 Å². The van der Waals surface area contributed by atoms with Gasteiger partial charge in [0.15, 0.2) is 0 Å². The van der Waals surface area contributed by atoms with Gasteiger partial charge in [0.25, 0.3) is 0 Å². The van der Waals surface area contributed by atoms with E-state index in [1.807, 2.05) is 11.3 Å².